The minimum absolute atomic E-state index is 0.0194. The van der Waals surface area contributed by atoms with Crippen LogP contribution < -0.4 is 5.32 Å². The van der Waals surface area contributed by atoms with E-state index in [0.29, 0.717) is 0 Å². The summed E-state index contributed by atoms with van der Waals surface area (Å²) in [5.41, 5.74) is 0.881. The first kappa shape index (κ1) is 11.8. The molecule has 0 aliphatic rings. The third-order valence-electron chi connectivity index (χ3n) is 2.60. The van der Waals surface area contributed by atoms with Gasteiger partial charge in [-0.05, 0) is 18.7 Å². The monoisotopic (exact) mass is 231 g/mol. The molecule has 1 N–H and O–H groups in total. The molecule has 0 amide bonds. The molecule has 0 saturated carbocycles. The quantitative estimate of drug-likeness (QED) is 0.858. The number of hydrogen-bond donors (Lipinski definition) is 1. The number of aryl methyl sites for hydroxylation is 1. The molecule has 0 radical (unpaired) electrons. The van der Waals surface area contributed by atoms with Crippen molar-refractivity contribution < 1.29 is 4.42 Å². The Balaban J connectivity index is 2.28. The minimum atomic E-state index is -0.0194. The van der Waals surface area contributed by atoms with Crippen LogP contribution in [0.5, 0.6) is 0 Å². The van der Waals surface area contributed by atoms with Gasteiger partial charge in [-0.1, -0.05) is 13.8 Å². The molecule has 0 bridgehead atoms. The summed E-state index contributed by atoms with van der Waals surface area (Å²) in [6.07, 6.45) is 6.04. The summed E-state index contributed by atoms with van der Waals surface area (Å²) in [6, 6.07) is 3.99. The van der Waals surface area contributed by atoms with Gasteiger partial charge < -0.3 is 9.73 Å². The first-order valence-corrected chi connectivity index (χ1v) is 5.93. The van der Waals surface area contributed by atoms with Crippen molar-refractivity contribution in [2.45, 2.75) is 26.3 Å². The second kappa shape index (κ2) is 5.59. The fourth-order valence-electron chi connectivity index (χ4n) is 1.75. The fraction of sp³-hybridized carbons (Fsp3) is 0.385. The highest BCUT2D eigenvalue weighted by Crippen LogP contribution is 2.22. The number of furan rings is 1. The van der Waals surface area contributed by atoms with E-state index < -0.39 is 0 Å². The Bertz CT molecular complexity index is 453. The molecule has 2 rings (SSSR count). The van der Waals surface area contributed by atoms with Gasteiger partial charge in [-0.15, -0.1) is 0 Å². The van der Waals surface area contributed by atoms with E-state index >= 15 is 0 Å². The maximum atomic E-state index is 5.77. The predicted octanol–water partition coefficient (Wildman–Crippen LogP) is 2.33. The van der Waals surface area contributed by atoms with E-state index in [2.05, 4.69) is 29.1 Å². The molecule has 2 aromatic heterocycles. The molecule has 0 fully saturated rings. The molecule has 0 aliphatic heterocycles. The Morgan fingerprint density at radius 3 is 2.76 bits per heavy atom. The van der Waals surface area contributed by atoms with Crippen LogP contribution in [0.3, 0.4) is 0 Å². The lowest BCUT2D eigenvalue weighted by molar-refractivity contribution is 0.421. The van der Waals surface area contributed by atoms with E-state index in [4.69, 9.17) is 4.42 Å². The molecule has 4 heteroatoms. The molecule has 4 nitrogen and oxygen atoms in total. The van der Waals surface area contributed by atoms with Crippen LogP contribution in [0.1, 0.15) is 37.1 Å². The summed E-state index contributed by atoms with van der Waals surface area (Å²) in [4.78, 5) is 8.42. The highest BCUT2D eigenvalue weighted by molar-refractivity contribution is 5.19. The average Bonchev–Trinajstić information content (AvgIpc) is 2.85. The molecule has 90 valence electrons. The van der Waals surface area contributed by atoms with Crippen molar-refractivity contribution in [2.24, 2.45) is 0 Å². The van der Waals surface area contributed by atoms with Crippen molar-refractivity contribution in [1.29, 1.82) is 0 Å². The second-order valence-electron chi connectivity index (χ2n) is 3.78. The van der Waals surface area contributed by atoms with Crippen LogP contribution >= 0.6 is 0 Å². The van der Waals surface area contributed by atoms with E-state index in [-0.39, 0.29) is 6.04 Å². The Labute approximate surface area is 101 Å². The zero-order valence-electron chi connectivity index (χ0n) is 10.2. The molecular formula is C13H17N3O. The molecule has 1 atom stereocenters. The lowest BCUT2D eigenvalue weighted by Crippen LogP contribution is -2.22. The summed E-state index contributed by atoms with van der Waals surface area (Å²) in [7, 11) is 0. The van der Waals surface area contributed by atoms with Crippen LogP contribution in [-0.2, 0) is 6.42 Å². The first-order valence-electron chi connectivity index (χ1n) is 5.93. The maximum Gasteiger partial charge on any atom is 0.127 e. The molecular weight excluding hydrogens is 214 g/mol. The van der Waals surface area contributed by atoms with E-state index in [0.717, 1.165) is 30.2 Å². The number of aromatic nitrogens is 2. The average molecular weight is 231 g/mol. The van der Waals surface area contributed by atoms with Gasteiger partial charge in [0.1, 0.15) is 17.6 Å². The Kier molecular flexibility index (Phi) is 3.88. The van der Waals surface area contributed by atoms with E-state index in [9.17, 15) is 0 Å². The van der Waals surface area contributed by atoms with Crippen LogP contribution in [0.15, 0.2) is 35.1 Å². The van der Waals surface area contributed by atoms with Gasteiger partial charge in [0.05, 0.1) is 11.9 Å². The summed E-state index contributed by atoms with van der Waals surface area (Å²) in [5, 5.41) is 3.36. The fourth-order valence-corrected chi connectivity index (χ4v) is 1.75. The van der Waals surface area contributed by atoms with Crippen molar-refractivity contribution in [3.8, 4) is 0 Å². The largest absolute Gasteiger partial charge is 0.464 e. The summed E-state index contributed by atoms with van der Waals surface area (Å²) in [5.74, 6) is 1.89. The van der Waals surface area contributed by atoms with Crippen molar-refractivity contribution in [2.75, 3.05) is 6.54 Å². The zero-order valence-corrected chi connectivity index (χ0v) is 10.2. The van der Waals surface area contributed by atoms with Gasteiger partial charge >= 0.3 is 0 Å². The Morgan fingerprint density at radius 1 is 1.29 bits per heavy atom. The highest BCUT2D eigenvalue weighted by Gasteiger charge is 2.17. The smallest absolute Gasteiger partial charge is 0.127 e. The predicted molar refractivity (Wildman–Crippen MR) is 65.6 cm³/mol. The van der Waals surface area contributed by atoms with Gasteiger partial charge in [-0.25, -0.2) is 0 Å². The molecule has 0 aliphatic carbocycles. The highest BCUT2D eigenvalue weighted by atomic mass is 16.3. The molecule has 2 heterocycles. The van der Waals surface area contributed by atoms with Gasteiger partial charge in [-0.3, -0.25) is 9.97 Å². The van der Waals surface area contributed by atoms with E-state index in [1.165, 1.54) is 0 Å². The molecule has 0 aromatic carbocycles. The summed E-state index contributed by atoms with van der Waals surface area (Å²) < 4.78 is 5.77. The number of nitrogens with one attached hydrogen (secondary N) is 1. The van der Waals surface area contributed by atoms with E-state index in [1.807, 2.05) is 12.1 Å². The topological polar surface area (TPSA) is 51.0 Å². The summed E-state index contributed by atoms with van der Waals surface area (Å²) in [6.45, 7) is 4.99. The lowest BCUT2D eigenvalue weighted by atomic mass is 10.1. The van der Waals surface area contributed by atoms with Crippen LogP contribution in [0, 0.1) is 0 Å². The Hall–Kier alpha value is -1.68. The molecule has 2 aromatic rings. The van der Waals surface area contributed by atoms with Crippen molar-refractivity contribution in [3.63, 3.8) is 0 Å². The maximum absolute atomic E-state index is 5.77. The van der Waals surface area contributed by atoms with Crippen molar-refractivity contribution in [3.05, 3.63) is 47.9 Å². The van der Waals surface area contributed by atoms with Crippen LogP contribution in [0.2, 0.25) is 0 Å². The normalized spacial score (nSPS) is 12.6. The summed E-state index contributed by atoms with van der Waals surface area (Å²) >= 11 is 0. The van der Waals surface area contributed by atoms with Crippen LogP contribution in [-0.4, -0.2) is 16.5 Å². The molecule has 17 heavy (non-hydrogen) atoms. The standard InChI is InChI=1S/C13H17N3O/c1-3-10-5-6-12(17-10)13(15-4-2)11-9-14-7-8-16-11/h5-9,13,15H,3-4H2,1-2H3. The molecule has 1 unspecified atom stereocenters. The zero-order chi connectivity index (χ0) is 12.1. The van der Waals surface area contributed by atoms with Gasteiger partial charge in [0.25, 0.3) is 0 Å². The van der Waals surface area contributed by atoms with Crippen molar-refractivity contribution in [1.82, 2.24) is 15.3 Å². The lowest BCUT2D eigenvalue weighted by Gasteiger charge is -2.14. The number of rotatable bonds is 5. The third-order valence-corrected chi connectivity index (χ3v) is 2.60. The third kappa shape index (κ3) is 2.71. The van der Waals surface area contributed by atoms with Gasteiger partial charge in [-0.2, -0.15) is 0 Å². The molecule has 0 spiro atoms. The van der Waals surface area contributed by atoms with Crippen molar-refractivity contribution >= 4 is 0 Å². The van der Waals surface area contributed by atoms with E-state index in [1.54, 1.807) is 18.6 Å². The minimum Gasteiger partial charge on any atom is -0.464 e. The van der Waals surface area contributed by atoms with Gasteiger partial charge in [0, 0.05) is 18.8 Å². The van der Waals surface area contributed by atoms with Gasteiger partial charge in [0.2, 0.25) is 0 Å². The molecule has 0 saturated heterocycles. The first-order chi connectivity index (χ1) is 8.35. The Morgan fingerprint density at radius 2 is 2.18 bits per heavy atom. The van der Waals surface area contributed by atoms with Gasteiger partial charge in [0.15, 0.2) is 0 Å². The second-order valence-corrected chi connectivity index (χ2v) is 3.78. The van der Waals surface area contributed by atoms with Crippen LogP contribution in [0.25, 0.3) is 0 Å². The SMILES string of the molecule is CCNC(c1cnccn1)c1ccc(CC)o1. The number of nitrogens with zero attached hydrogens (tertiary/aromatic N) is 2. The van der Waals surface area contributed by atoms with Crippen LogP contribution in [0.4, 0.5) is 0 Å². The number of hydrogen-bond acceptors (Lipinski definition) is 4.